The fourth-order valence-corrected chi connectivity index (χ4v) is 1.45. The summed E-state index contributed by atoms with van der Waals surface area (Å²) in [7, 11) is 1.41. The summed E-state index contributed by atoms with van der Waals surface area (Å²) >= 11 is 0. The molecule has 0 aliphatic carbocycles. The van der Waals surface area contributed by atoms with Gasteiger partial charge in [0.05, 0.1) is 7.11 Å². The molecular weight excluding hydrogens is 237 g/mol. The highest BCUT2D eigenvalue weighted by molar-refractivity contribution is 5.58. The highest BCUT2D eigenvalue weighted by atomic mass is 19.1. The van der Waals surface area contributed by atoms with Gasteiger partial charge in [0.25, 0.3) is 0 Å². The van der Waals surface area contributed by atoms with Gasteiger partial charge in [-0.2, -0.15) is 4.98 Å². The van der Waals surface area contributed by atoms with Crippen molar-refractivity contribution in [2.45, 2.75) is 19.9 Å². The van der Waals surface area contributed by atoms with Crippen LogP contribution in [0.2, 0.25) is 0 Å². The van der Waals surface area contributed by atoms with Crippen molar-refractivity contribution in [3.63, 3.8) is 0 Å². The Morgan fingerprint density at radius 2 is 2.17 bits per heavy atom. The average Bonchev–Trinajstić information content (AvgIpc) is 2.77. The first kappa shape index (κ1) is 12.3. The molecule has 0 saturated carbocycles. The van der Waals surface area contributed by atoms with E-state index in [1.54, 1.807) is 6.07 Å². The van der Waals surface area contributed by atoms with Gasteiger partial charge in [-0.25, -0.2) is 4.39 Å². The summed E-state index contributed by atoms with van der Waals surface area (Å²) in [6.07, 6.45) is 0. The Kier molecular flexibility index (Phi) is 3.45. The first-order chi connectivity index (χ1) is 8.60. The van der Waals surface area contributed by atoms with E-state index in [-0.39, 0.29) is 11.8 Å². The van der Waals surface area contributed by atoms with Crippen molar-refractivity contribution >= 4 is 6.01 Å². The first-order valence-electron chi connectivity index (χ1n) is 5.54. The molecule has 0 saturated heterocycles. The van der Waals surface area contributed by atoms with Gasteiger partial charge < -0.3 is 14.6 Å². The monoisotopic (exact) mass is 251 g/mol. The van der Waals surface area contributed by atoms with Gasteiger partial charge in [-0.15, -0.1) is 0 Å². The standard InChI is InChI=1S/C12H14FN3O2/c1-7(2)14-12-15-11(16-18-12)8-4-5-9(13)10(6-8)17-3/h4-7H,1-3H3,(H,14,15,16). The predicted molar refractivity (Wildman–Crippen MR) is 65.0 cm³/mol. The minimum Gasteiger partial charge on any atom is -0.494 e. The maximum atomic E-state index is 13.3. The molecule has 0 amide bonds. The number of nitrogens with one attached hydrogen (secondary N) is 1. The molecule has 1 aromatic carbocycles. The van der Waals surface area contributed by atoms with Gasteiger partial charge in [-0.3, -0.25) is 0 Å². The molecule has 0 aliphatic rings. The van der Waals surface area contributed by atoms with E-state index in [4.69, 9.17) is 9.26 Å². The SMILES string of the molecule is COc1cc(-c2noc(NC(C)C)n2)ccc1F. The third-order valence-electron chi connectivity index (χ3n) is 2.25. The number of hydrogen-bond acceptors (Lipinski definition) is 5. The lowest BCUT2D eigenvalue weighted by Crippen LogP contribution is -2.09. The third kappa shape index (κ3) is 2.58. The van der Waals surface area contributed by atoms with Gasteiger partial charge in [0.1, 0.15) is 0 Å². The van der Waals surface area contributed by atoms with Gasteiger partial charge in [0.2, 0.25) is 5.82 Å². The van der Waals surface area contributed by atoms with Crippen LogP contribution in [0, 0.1) is 5.82 Å². The van der Waals surface area contributed by atoms with Crippen molar-refractivity contribution in [2.75, 3.05) is 12.4 Å². The second-order valence-electron chi connectivity index (χ2n) is 4.07. The molecule has 0 bridgehead atoms. The molecular formula is C12H14FN3O2. The van der Waals surface area contributed by atoms with Gasteiger partial charge >= 0.3 is 6.01 Å². The lowest BCUT2D eigenvalue weighted by Gasteiger charge is -2.03. The van der Waals surface area contributed by atoms with Crippen LogP contribution in [0.4, 0.5) is 10.4 Å². The highest BCUT2D eigenvalue weighted by Gasteiger charge is 2.11. The fraction of sp³-hybridized carbons (Fsp3) is 0.333. The van der Waals surface area contributed by atoms with Crippen molar-refractivity contribution < 1.29 is 13.7 Å². The van der Waals surface area contributed by atoms with E-state index in [0.717, 1.165) is 0 Å². The van der Waals surface area contributed by atoms with E-state index < -0.39 is 5.82 Å². The number of methoxy groups -OCH3 is 1. The third-order valence-corrected chi connectivity index (χ3v) is 2.25. The fourth-order valence-electron chi connectivity index (χ4n) is 1.45. The Labute approximate surface area is 104 Å². The number of aromatic nitrogens is 2. The molecule has 0 fully saturated rings. The summed E-state index contributed by atoms with van der Waals surface area (Å²) in [4.78, 5) is 4.16. The van der Waals surface area contributed by atoms with Crippen molar-refractivity contribution in [2.24, 2.45) is 0 Å². The average molecular weight is 251 g/mol. The van der Waals surface area contributed by atoms with Crippen molar-refractivity contribution in [3.05, 3.63) is 24.0 Å². The maximum absolute atomic E-state index is 13.3. The summed E-state index contributed by atoms with van der Waals surface area (Å²) in [5, 5.41) is 6.81. The summed E-state index contributed by atoms with van der Waals surface area (Å²) in [6.45, 7) is 3.93. The minimum absolute atomic E-state index is 0.149. The van der Waals surface area contributed by atoms with Crippen molar-refractivity contribution in [3.8, 4) is 17.1 Å². The second kappa shape index (κ2) is 5.03. The number of halogens is 1. The van der Waals surface area contributed by atoms with Gasteiger partial charge in [0, 0.05) is 11.6 Å². The van der Waals surface area contributed by atoms with Crippen LogP contribution in [0.15, 0.2) is 22.7 Å². The Hall–Kier alpha value is -2.11. The number of nitrogens with zero attached hydrogens (tertiary/aromatic N) is 2. The molecule has 0 atom stereocenters. The van der Waals surface area contributed by atoms with Crippen LogP contribution in [0.1, 0.15) is 13.8 Å². The van der Waals surface area contributed by atoms with E-state index in [0.29, 0.717) is 17.4 Å². The molecule has 2 rings (SSSR count). The number of rotatable bonds is 4. The highest BCUT2D eigenvalue weighted by Crippen LogP contribution is 2.25. The molecule has 6 heteroatoms. The summed E-state index contributed by atoms with van der Waals surface area (Å²) < 4.78 is 23.2. The number of ether oxygens (including phenoxy) is 1. The van der Waals surface area contributed by atoms with Crippen LogP contribution in [-0.2, 0) is 0 Å². The Balaban J connectivity index is 2.28. The van der Waals surface area contributed by atoms with Crippen LogP contribution >= 0.6 is 0 Å². The van der Waals surface area contributed by atoms with E-state index in [1.807, 2.05) is 13.8 Å². The zero-order valence-corrected chi connectivity index (χ0v) is 10.4. The topological polar surface area (TPSA) is 60.2 Å². The maximum Gasteiger partial charge on any atom is 0.321 e. The largest absolute Gasteiger partial charge is 0.494 e. The Morgan fingerprint density at radius 1 is 1.39 bits per heavy atom. The predicted octanol–water partition coefficient (Wildman–Crippen LogP) is 2.70. The number of hydrogen-bond donors (Lipinski definition) is 1. The van der Waals surface area contributed by atoms with Crippen LogP contribution in [0.3, 0.4) is 0 Å². The second-order valence-corrected chi connectivity index (χ2v) is 4.07. The van der Waals surface area contributed by atoms with Crippen LogP contribution in [-0.4, -0.2) is 23.3 Å². The minimum atomic E-state index is -0.426. The Bertz CT molecular complexity index is 540. The molecule has 0 spiro atoms. The molecule has 1 aromatic heterocycles. The molecule has 1 N–H and O–H groups in total. The zero-order chi connectivity index (χ0) is 13.1. The van der Waals surface area contributed by atoms with Crippen LogP contribution in [0.25, 0.3) is 11.4 Å². The molecule has 1 heterocycles. The molecule has 18 heavy (non-hydrogen) atoms. The zero-order valence-electron chi connectivity index (χ0n) is 10.4. The van der Waals surface area contributed by atoms with E-state index in [9.17, 15) is 4.39 Å². The summed E-state index contributed by atoms with van der Waals surface area (Å²) in [5.41, 5.74) is 0.633. The van der Waals surface area contributed by atoms with Gasteiger partial charge in [-0.1, -0.05) is 5.16 Å². The molecule has 0 aliphatic heterocycles. The first-order valence-corrected chi connectivity index (χ1v) is 5.54. The van der Waals surface area contributed by atoms with Gasteiger partial charge in [-0.05, 0) is 32.0 Å². The summed E-state index contributed by atoms with van der Waals surface area (Å²) in [5.74, 6) is 0.109. The summed E-state index contributed by atoms with van der Waals surface area (Å²) in [6, 6.07) is 4.94. The Morgan fingerprint density at radius 3 is 2.83 bits per heavy atom. The van der Waals surface area contributed by atoms with Crippen LogP contribution in [0.5, 0.6) is 5.75 Å². The van der Waals surface area contributed by atoms with E-state index >= 15 is 0 Å². The van der Waals surface area contributed by atoms with E-state index in [2.05, 4.69) is 15.5 Å². The molecule has 0 radical (unpaired) electrons. The van der Waals surface area contributed by atoms with Crippen molar-refractivity contribution in [1.82, 2.24) is 10.1 Å². The lowest BCUT2D eigenvalue weighted by atomic mass is 10.2. The quantitative estimate of drug-likeness (QED) is 0.905. The van der Waals surface area contributed by atoms with Crippen molar-refractivity contribution in [1.29, 1.82) is 0 Å². The number of anilines is 1. The van der Waals surface area contributed by atoms with Gasteiger partial charge in [0.15, 0.2) is 11.6 Å². The van der Waals surface area contributed by atoms with Crippen LogP contribution < -0.4 is 10.1 Å². The molecule has 5 nitrogen and oxygen atoms in total. The number of benzene rings is 1. The lowest BCUT2D eigenvalue weighted by molar-refractivity contribution is 0.386. The normalized spacial score (nSPS) is 10.7. The molecule has 2 aromatic rings. The molecule has 96 valence electrons. The van der Waals surface area contributed by atoms with E-state index in [1.165, 1.54) is 19.2 Å². The smallest absolute Gasteiger partial charge is 0.321 e. The molecule has 0 unspecified atom stereocenters.